The number of hydrogen-bond acceptors (Lipinski definition) is 5. The highest BCUT2D eigenvalue weighted by Gasteiger charge is 2.08. The van der Waals surface area contributed by atoms with E-state index in [0.29, 0.717) is 17.8 Å². The van der Waals surface area contributed by atoms with Crippen LogP contribution in [0.25, 0.3) is 0 Å². The summed E-state index contributed by atoms with van der Waals surface area (Å²) in [6.07, 6.45) is 1.24. The number of nitrogens with zero attached hydrogens (tertiary/aromatic N) is 1. The van der Waals surface area contributed by atoms with Gasteiger partial charge in [-0.15, -0.1) is 0 Å². The van der Waals surface area contributed by atoms with Crippen molar-refractivity contribution in [2.45, 2.75) is 6.92 Å². The van der Waals surface area contributed by atoms with Crippen molar-refractivity contribution in [2.75, 3.05) is 19.0 Å². The number of nitriles is 1. The Morgan fingerprint density at radius 1 is 1.45 bits per heavy atom. The molecule has 0 saturated carbocycles. The fourth-order valence-corrected chi connectivity index (χ4v) is 1.42. The third kappa shape index (κ3) is 4.14. The number of rotatable bonds is 5. The number of esters is 1. The van der Waals surface area contributed by atoms with Crippen LogP contribution in [-0.4, -0.2) is 25.5 Å². The maximum atomic E-state index is 11.7. The van der Waals surface area contributed by atoms with Gasteiger partial charge in [0.2, 0.25) is 0 Å². The lowest BCUT2D eigenvalue weighted by Crippen LogP contribution is -2.22. The Balaban J connectivity index is 2.86. The standard InChI is InChI=1S/C14H15N3O3/c1-3-16-13(18)10-5-4-6-12(7-10)17-9-11(8-15)14(19)20-2/h4-7,9,17H,3H2,1-2H3,(H,16,18)/b11-9-. The van der Waals surface area contributed by atoms with E-state index in [2.05, 4.69) is 15.4 Å². The number of ether oxygens (including phenoxy) is 1. The van der Waals surface area contributed by atoms with Crippen molar-refractivity contribution < 1.29 is 14.3 Å². The Hall–Kier alpha value is -2.81. The smallest absolute Gasteiger partial charge is 0.350 e. The zero-order valence-electron chi connectivity index (χ0n) is 11.3. The first kappa shape index (κ1) is 15.2. The molecule has 0 fully saturated rings. The van der Waals surface area contributed by atoms with Crippen molar-refractivity contribution in [1.82, 2.24) is 5.32 Å². The molecule has 0 aromatic heterocycles. The van der Waals surface area contributed by atoms with Crippen LogP contribution in [0, 0.1) is 11.3 Å². The lowest BCUT2D eigenvalue weighted by molar-refractivity contribution is -0.135. The minimum absolute atomic E-state index is 0.157. The number of hydrogen-bond donors (Lipinski definition) is 2. The van der Waals surface area contributed by atoms with Crippen LogP contribution in [0.2, 0.25) is 0 Å². The maximum Gasteiger partial charge on any atom is 0.350 e. The van der Waals surface area contributed by atoms with E-state index < -0.39 is 5.97 Å². The van der Waals surface area contributed by atoms with Crippen LogP contribution in [0.5, 0.6) is 0 Å². The molecule has 0 aliphatic heterocycles. The third-order valence-electron chi connectivity index (χ3n) is 2.37. The molecule has 1 amide bonds. The summed E-state index contributed by atoms with van der Waals surface area (Å²) in [5.74, 6) is -0.909. The monoisotopic (exact) mass is 273 g/mol. The summed E-state index contributed by atoms with van der Waals surface area (Å²) < 4.78 is 4.45. The average Bonchev–Trinajstić information content (AvgIpc) is 2.48. The molecule has 1 rings (SSSR count). The molecule has 104 valence electrons. The van der Waals surface area contributed by atoms with E-state index in [-0.39, 0.29) is 11.5 Å². The predicted octanol–water partition coefficient (Wildman–Crippen LogP) is 1.43. The molecule has 0 saturated heterocycles. The maximum absolute atomic E-state index is 11.7. The van der Waals surface area contributed by atoms with E-state index in [1.165, 1.54) is 13.3 Å². The molecule has 6 heteroatoms. The SMILES string of the molecule is CCNC(=O)c1cccc(N/C=C(/C#N)C(=O)OC)c1. The molecule has 2 N–H and O–H groups in total. The molecule has 1 aromatic rings. The van der Waals surface area contributed by atoms with Crippen LogP contribution in [-0.2, 0) is 9.53 Å². The van der Waals surface area contributed by atoms with Crippen molar-refractivity contribution >= 4 is 17.6 Å². The van der Waals surface area contributed by atoms with E-state index in [4.69, 9.17) is 5.26 Å². The number of nitrogens with one attached hydrogen (secondary N) is 2. The van der Waals surface area contributed by atoms with Gasteiger partial charge in [-0.25, -0.2) is 4.79 Å². The average molecular weight is 273 g/mol. The number of carbonyl (C=O) groups is 2. The zero-order chi connectivity index (χ0) is 15.0. The van der Waals surface area contributed by atoms with Crippen LogP contribution in [0.4, 0.5) is 5.69 Å². The van der Waals surface area contributed by atoms with Crippen LogP contribution in [0.15, 0.2) is 36.0 Å². The fourth-order valence-electron chi connectivity index (χ4n) is 1.42. The summed E-state index contributed by atoms with van der Waals surface area (Å²) in [5, 5.41) is 14.3. The van der Waals surface area contributed by atoms with Gasteiger partial charge in [0.1, 0.15) is 6.07 Å². The van der Waals surface area contributed by atoms with Crippen molar-refractivity contribution in [2.24, 2.45) is 0 Å². The largest absolute Gasteiger partial charge is 0.465 e. The highest BCUT2D eigenvalue weighted by Crippen LogP contribution is 2.11. The van der Waals surface area contributed by atoms with Crippen molar-refractivity contribution in [3.05, 3.63) is 41.6 Å². The molecule has 0 radical (unpaired) electrons. The molecule has 0 bridgehead atoms. The van der Waals surface area contributed by atoms with E-state index in [9.17, 15) is 9.59 Å². The van der Waals surface area contributed by atoms with Gasteiger partial charge >= 0.3 is 5.97 Å². The van der Waals surface area contributed by atoms with Gasteiger partial charge in [0, 0.05) is 24.0 Å². The Labute approximate surface area is 117 Å². The lowest BCUT2D eigenvalue weighted by atomic mass is 10.2. The summed E-state index contributed by atoms with van der Waals surface area (Å²) in [5.41, 5.74) is 0.920. The number of methoxy groups -OCH3 is 1. The van der Waals surface area contributed by atoms with E-state index >= 15 is 0 Å². The van der Waals surface area contributed by atoms with E-state index in [1.807, 2.05) is 6.92 Å². The van der Waals surface area contributed by atoms with Gasteiger partial charge in [-0.3, -0.25) is 4.79 Å². The van der Waals surface area contributed by atoms with Gasteiger partial charge in [0.25, 0.3) is 5.91 Å². The summed E-state index contributed by atoms with van der Waals surface area (Å²) in [6.45, 7) is 2.37. The van der Waals surface area contributed by atoms with E-state index in [1.54, 1.807) is 30.3 Å². The van der Waals surface area contributed by atoms with Gasteiger partial charge in [-0.05, 0) is 25.1 Å². The quantitative estimate of drug-likeness (QED) is 0.481. The number of benzene rings is 1. The highest BCUT2D eigenvalue weighted by molar-refractivity contribution is 5.95. The lowest BCUT2D eigenvalue weighted by Gasteiger charge is -2.05. The Bertz CT molecular complexity index is 573. The normalized spacial score (nSPS) is 10.3. The Morgan fingerprint density at radius 2 is 2.20 bits per heavy atom. The molecule has 0 spiro atoms. The van der Waals surface area contributed by atoms with Crippen LogP contribution in [0.1, 0.15) is 17.3 Å². The molecule has 0 aliphatic rings. The second-order valence-corrected chi connectivity index (χ2v) is 3.75. The zero-order valence-corrected chi connectivity index (χ0v) is 11.3. The number of anilines is 1. The molecule has 20 heavy (non-hydrogen) atoms. The van der Waals surface area contributed by atoms with Crippen molar-refractivity contribution in [3.63, 3.8) is 0 Å². The second-order valence-electron chi connectivity index (χ2n) is 3.75. The second kappa shape index (κ2) is 7.59. The van der Waals surface area contributed by atoms with Gasteiger partial charge < -0.3 is 15.4 Å². The third-order valence-corrected chi connectivity index (χ3v) is 2.37. The van der Waals surface area contributed by atoms with Gasteiger partial charge in [0.05, 0.1) is 7.11 Å². The first-order valence-corrected chi connectivity index (χ1v) is 5.95. The fraction of sp³-hybridized carbons (Fsp3) is 0.214. The molecule has 6 nitrogen and oxygen atoms in total. The van der Waals surface area contributed by atoms with Gasteiger partial charge in [-0.1, -0.05) is 6.07 Å². The molecule has 0 heterocycles. The number of carbonyl (C=O) groups excluding carboxylic acids is 2. The van der Waals surface area contributed by atoms with Gasteiger partial charge in [0.15, 0.2) is 5.57 Å². The van der Waals surface area contributed by atoms with Crippen molar-refractivity contribution in [3.8, 4) is 6.07 Å². The molecule has 0 aliphatic carbocycles. The number of amides is 1. The summed E-state index contributed by atoms with van der Waals surface area (Å²) in [7, 11) is 1.20. The van der Waals surface area contributed by atoms with E-state index in [0.717, 1.165) is 0 Å². The highest BCUT2D eigenvalue weighted by atomic mass is 16.5. The first-order valence-electron chi connectivity index (χ1n) is 5.95. The molecule has 1 aromatic carbocycles. The van der Waals surface area contributed by atoms with Crippen LogP contribution >= 0.6 is 0 Å². The topological polar surface area (TPSA) is 91.2 Å². The summed E-state index contributed by atoms with van der Waals surface area (Å²) in [6, 6.07) is 8.43. The molecular weight excluding hydrogens is 258 g/mol. The van der Waals surface area contributed by atoms with Crippen LogP contribution in [0.3, 0.4) is 0 Å². The minimum atomic E-state index is -0.722. The Kier molecular flexibility index (Phi) is 5.78. The summed E-state index contributed by atoms with van der Waals surface area (Å²) >= 11 is 0. The molecular formula is C14H15N3O3. The molecule has 0 unspecified atom stereocenters. The van der Waals surface area contributed by atoms with Crippen molar-refractivity contribution in [1.29, 1.82) is 5.26 Å². The first-order chi connectivity index (χ1) is 9.62. The van der Waals surface area contributed by atoms with Crippen LogP contribution < -0.4 is 10.6 Å². The minimum Gasteiger partial charge on any atom is -0.465 e. The predicted molar refractivity (Wildman–Crippen MR) is 73.8 cm³/mol. The van der Waals surface area contributed by atoms with Gasteiger partial charge in [-0.2, -0.15) is 5.26 Å². The Morgan fingerprint density at radius 3 is 2.80 bits per heavy atom. The summed E-state index contributed by atoms with van der Waals surface area (Å²) in [4.78, 5) is 22.9. The molecule has 0 atom stereocenters.